The Morgan fingerprint density at radius 3 is 0.809 bits per heavy atom. The van der Waals surface area contributed by atoms with E-state index in [9.17, 15) is 14.4 Å². The molecule has 0 aromatic heterocycles. The van der Waals surface area contributed by atoms with E-state index in [0.717, 1.165) is 70.6 Å². The third-order valence-electron chi connectivity index (χ3n) is 13.7. The summed E-state index contributed by atoms with van der Waals surface area (Å²) in [6, 6.07) is 0. The van der Waals surface area contributed by atoms with Crippen molar-refractivity contribution in [2.75, 3.05) is 13.2 Å². The predicted octanol–water partition coefficient (Wildman–Crippen LogP) is 20.3. The second-order valence-electron chi connectivity index (χ2n) is 20.6. The van der Waals surface area contributed by atoms with Crippen LogP contribution in [0, 0.1) is 0 Å². The van der Waals surface area contributed by atoms with Crippen molar-refractivity contribution in [3.8, 4) is 0 Å². The van der Waals surface area contributed by atoms with Crippen LogP contribution in [0.15, 0.2) is 24.3 Å². The standard InChI is InChI=1S/C62H116O6/c1-4-7-10-13-16-19-22-24-25-26-27-28-29-30-31-32-33-34-35-36-37-38-41-43-46-49-52-55-61(64)67-58-59(57-66-60(63)54-51-48-45-42-39-21-18-15-12-9-6-3)68-62(65)56-53-50-47-44-40-23-20-17-14-11-8-5-2/h15,17-18,20,59H,4-14,16,19,21-58H2,1-3H3/b18-15-,20-17-. The van der Waals surface area contributed by atoms with E-state index in [1.54, 1.807) is 0 Å². The molecule has 6 nitrogen and oxygen atoms in total. The fourth-order valence-corrected chi connectivity index (χ4v) is 9.07. The van der Waals surface area contributed by atoms with Gasteiger partial charge < -0.3 is 14.2 Å². The normalized spacial score (nSPS) is 12.1. The molecule has 0 bridgehead atoms. The molecular weight excluding hydrogens is 841 g/mol. The van der Waals surface area contributed by atoms with Gasteiger partial charge in [-0.2, -0.15) is 0 Å². The molecule has 0 rings (SSSR count). The van der Waals surface area contributed by atoms with E-state index >= 15 is 0 Å². The zero-order valence-corrected chi connectivity index (χ0v) is 45.9. The topological polar surface area (TPSA) is 78.9 Å². The summed E-state index contributed by atoms with van der Waals surface area (Å²) in [6.07, 6.45) is 67.7. The molecule has 0 heterocycles. The molecule has 0 aromatic rings. The Balaban J connectivity index is 4.10. The molecule has 0 aliphatic heterocycles. The van der Waals surface area contributed by atoms with E-state index in [-0.39, 0.29) is 31.1 Å². The van der Waals surface area contributed by atoms with Crippen molar-refractivity contribution in [1.82, 2.24) is 0 Å². The van der Waals surface area contributed by atoms with Gasteiger partial charge in [-0.05, 0) is 64.2 Å². The van der Waals surface area contributed by atoms with Crippen LogP contribution in [0.5, 0.6) is 0 Å². The fourth-order valence-electron chi connectivity index (χ4n) is 9.07. The Hall–Kier alpha value is -2.11. The first-order chi connectivity index (χ1) is 33.5. The van der Waals surface area contributed by atoms with Gasteiger partial charge >= 0.3 is 17.9 Å². The quantitative estimate of drug-likeness (QED) is 0.0262. The number of hydrogen-bond acceptors (Lipinski definition) is 6. The number of carbonyl (C=O) groups excluding carboxylic acids is 3. The van der Waals surface area contributed by atoms with E-state index in [4.69, 9.17) is 14.2 Å². The molecule has 0 aliphatic rings. The molecular formula is C62H116O6. The van der Waals surface area contributed by atoms with Gasteiger partial charge in [-0.1, -0.05) is 276 Å². The third-order valence-corrected chi connectivity index (χ3v) is 13.7. The molecule has 6 heteroatoms. The molecule has 0 aliphatic carbocycles. The van der Waals surface area contributed by atoms with Gasteiger partial charge in [0.2, 0.25) is 0 Å². The molecule has 68 heavy (non-hydrogen) atoms. The van der Waals surface area contributed by atoms with Crippen molar-refractivity contribution in [3.63, 3.8) is 0 Å². The summed E-state index contributed by atoms with van der Waals surface area (Å²) in [4.78, 5) is 38.0. The zero-order chi connectivity index (χ0) is 49.3. The van der Waals surface area contributed by atoms with Gasteiger partial charge in [-0.25, -0.2) is 0 Å². The number of rotatable bonds is 56. The van der Waals surface area contributed by atoms with Crippen LogP contribution in [-0.2, 0) is 28.6 Å². The van der Waals surface area contributed by atoms with Crippen LogP contribution in [0.1, 0.15) is 335 Å². The molecule has 0 spiro atoms. The minimum absolute atomic E-state index is 0.0732. The second-order valence-corrected chi connectivity index (χ2v) is 20.6. The number of carbonyl (C=O) groups is 3. The van der Waals surface area contributed by atoms with Crippen molar-refractivity contribution in [1.29, 1.82) is 0 Å². The highest BCUT2D eigenvalue weighted by Gasteiger charge is 2.19. The average molecular weight is 958 g/mol. The Morgan fingerprint density at radius 1 is 0.279 bits per heavy atom. The minimum atomic E-state index is -0.774. The average Bonchev–Trinajstić information content (AvgIpc) is 3.34. The lowest BCUT2D eigenvalue weighted by atomic mass is 10.0. The maximum Gasteiger partial charge on any atom is 0.306 e. The second kappa shape index (κ2) is 57.5. The highest BCUT2D eigenvalue weighted by atomic mass is 16.6. The van der Waals surface area contributed by atoms with Gasteiger partial charge in [0, 0.05) is 19.3 Å². The molecule has 1 unspecified atom stereocenters. The summed E-state index contributed by atoms with van der Waals surface area (Å²) >= 11 is 0. The van der Waals surface area contributed by atoms with Gasteiger partial charge in [0.05, 0.1) is 0 Å². The lowest BCUT2D eigenvalue weighted by molar-refractivity contribution is -0.167. The van der Waals surface area contributed by atoms with E-state index in [1.165, 1.54) is 225 Å². The number of allylic oxidation sites excluding steroid dienone is 4. The van der Waals surface area contributed by atoms with E-state index in [1.807, 2.05) is 0 Å². The van der Waals surface area contributed by atoms with Crippen molar-refractivity contribution in [3.05, 3.63) is 24.3 Å². The maximum atomic E-state index is 12.8. The van der Waals surface area contributed by atoms with Crippen molar-refractivity contribution >= 4 is 17.9 Å². The largest absolute Gasteiger partial charge is 0.462 e. The Bertz CT molecular complexity index is 1100. The van der Waals surface area contributed by atoms with Crippen molar-refractivity contribution < 1.29 is 28.6 Å². The highest BCUT2D eigenvalue weighted by molar-refractivity contribution is 5.71. The lowest BCUT2D eigenvalue weighted by Gasteiger charge is -2.18. The van der Waals surface area contributed by atoms with Crippen LogP contribution >= 0.6 is 0 Å². The monoisotopic (exact) mass is 957 g/mol. The van der Waals surface area contributed by atoms with Crippen LogP contribution in [0.2, 0.25) is 0 Å². The fraction of sp³-hybridized carbons (Fsp3) is 0.887. The van der Waals surface area contributed by atoms with Crippen molar-refractivity contribution in [2.45, 2.75) is 341 Å². The SMILES string of the molecule is CCCC/C=C\CCCCCCCC(=O)OCC(COC(=O)CCCCCCCCCCCCCCCCCCCCCCCCCCCCC)OC(=O)CCCCCCC/C=C\CCCCC. The van der Waals surface area contributed by atoms with Crippen LogP contribution in [-0.4, -0.2) is 37.2 Å². The Morgan fingerprint density at radius 2 is 0.500 bits per heavy atom. The third kappa shape index (κ3) is 54.8. The number of ether oxygens (including phenoxy) is 3. The zero-order valence-electron chi connectivity index (χ0n) is 45.9. The molecule has 0 saturated carbocycles. The van der Waals surface area contributed by atoms with E-state index < -0.39 is 6.10 Å². The molecule has 0 fully saturated rings. The molecule has 0 aromatic carbocycles. The van der Waals surface area contributed by atoms with Crippen LogP contribution < -0.4 is 0 Å². The minimum Gasteiger partial charge on any atom is -0.462 e. The summed E-state index contributed by atoms with van der Waals surface area (Å²) in [5.41, 5.74) is 0. The Kier molecular flexibility index (Phi) is 55.7. The summed E-state index contributed by atoms with van der Waals surface area (Å²) < 4.78 is 16.8. The van der Waals surface area contributed by atoms with Gasteiger partial charge in [0.15, 0.2) is 6.10 Å². The maximum absolute atomic E-state index is 12.8. The summed E-state index contributed by atoms with van der Waals surface area (Å²) in [5, 5.41) is 0. The van der Waals surface area contributed by atoms with E-state index in [0.29, 0.717) is 19.3 Å². The molecule has 1 atom stereocenters. The van der Waals surface area contributed by atoms with Crippen LogP contribution in [0.25, 0.3) is 0 Å². The van der Waals surface area contributed by atoms with Gasteiger partial charge in [-0.3, -0.25) is 14.4 Å². The first-order valence-corrected chi connectivity index (χ1v) is 30.3. The predicted molar refractivity (Wildman–Crippen MR) is 293 cm³/mol. The van der Waals surface area contributed by atoms with Crippen molar-refractivity contribution in [2.24, 2.45) is 0 Å². The first kappa shape index (κ1) is 65.9. The Labute approximate surface area is 423 Å². The highest BCUT2D eigenvalue weighted by Crippen LogP contribution is 2.18. The van der Waals surface area contributed by atoms with E-state index in [2.05, 4.69) is 45.1 Å². The molecule has 0 amide bonds. The summed E-state index contributed by atoms with van der Waals surface area (Å²) in [6.45, 7) is 6.61. The lowest BCUT2D eigenvalue weighted by Crippen LogP contribution is -2.30. The molecule has 400 valence electrons. The molecule has 0 radical (unpaired) electrons. The van der Waals surface area contributed by atoms with Gasteiger partial charge in [0.25, 0.3) is 0 Å². The molecule has 0 saturated heterocycles. The van der Waals surface area contributed by atoms with Crippen LogP contribution in [0.4, 0.5) is 0 Å². The van der Waals surface area contributed by atoms with Gasteiger partial charge in [-0.15, -0.1) is 0 Å². The first-order valence-electron chi connectivity index (χ1n) is 30.3. The number of unbranched alkanes of at least 4 members (excludes halogenated alkanes) is 41. The number of hydrogen-bond donors (Lipinski definition) is 0. The molecule has 0 N–H and O–H groups in total. The van der Waals surface area contributed by atoms with Crippen LogP contribution in [0.3, 0.4) is 0 Å². The summed E-state index contributed by atoms with van der Waals surface area (Å²) in [5.74, 6) is -0.875. The van der Waals surface area contributed by atoms with Gasteiger partial charge in [0.1, 0.15) is 13.2 Å². The smallest absolute Gasteiger partial charge is 0.306 e. The summed E-state index contributed by atoms with van der Waals surface area (Å²) in [7, 11) is 0. The number of esters is 3.